The van der Waals surface area contributed by atoms with Crippen molar-refractivity contribution in [1.82, 2.24) is 0 Å². The SMILES string of the molecule is Nc1ccc(N2CC3(CCC3)C2)c(C(=O)O)c1. The Bertz CT molecular complexity index is 472. The molecule has 3 rings (SSSR count). The van der Waals surface area contributed by atoms with Gasteiger partial charge in [0.25, 0.3) is 0 Å². The molecule has 1 spiro atoms. The highest BCUT2D eigenvalue weighted by Gasteiger charge is 2.47. The summed E-state index contributed by atoms with van der Waals surface area (Å²) in [4.78, 5) is 13.3. The maximum atomic E-state index is 11.2. The normalized spacial score (nSPS) is 20.8. The van der Waals surface area contributed by atoms with E-state index in [-0.39, 0.29) is 0 Å². The first-order valence-electron chi connectivity index (χ1n) is 5.97. The summed E-state index contributed by atoms with van der Waals surface area (Å²) in [5.74, 6) is -0.901. The van der Waals surface area contributed by atoms with Crippen molar-refractivity contribution in [2.24, 2.45) is 5.41 Å². The van der Waals surface area contributed by atoms with Crippen molar-refractivity contribution in [3.8, 4) is 0 Å². The van der Waals surface area contributed by atoms with Gasteiger partial charge in [0.1, 0.15) is 0 Å². The van der Waals surface area contributed by atoms with Crippen LogP contribution in [0, 0.1) is 5.41 Å². The Hall–Kier alpha value is -1.71. The largest absolute Gasteiger partial charge is 0.478 e. The van der Waals surface area contributed by atoms with Gasteiger partial charge in [0.05, 0.1) is 11.3 Å². The number of nitrogen functional groups attached to an aromatic ring is 1. The lowest BCUT2D eigenvalue weighted by Crippen LogP contribution is -2.60. The first-order valence-corrected chi connectivity index (χ1v) is 5.97. The molecule has 1 aliphatic carbocycles. The van der Waals surface area contributed by atoms with Crippen LogP contribution in [0.2, 0.25) is 0 Å². The Morgan fingerprint density at radius 2 is 2.06 bits per heavy atom. The number of hydrogen-bond donors (Lipinski definition) is 2. The fourth-order valence-electron chi connectivity index (χ4n) is 2.93. The zero-order valence-corrected chi connectivity index (χ0v) is 9.65. The lowest BCUT2D eigenvalue weighted by atomic mass is 9.63. The smallest absolute Gasteiger partial charge is 0.337 e. The van der Waals surface area contributed by atoms with E-state index in [4.69, 9.17) is 5.73 Å². The molecule has 4 heteroatoms. The van der Waals surface area contributed by atoms with E-state index in [2.05, 4.69) is 4.90 Å². The molecule has 0 radical (unpaired) electrons. The van der Waals surface area contributed by atoms with E-state index >= 15 is 0 Å². The number of carboxylic acids is 1. The van der Waals surface area contributed by atoms with Crippen LogP contribution in [0.25, 0.3) is 0 Å². The second-order valence-electron chi connectivity index (χ2n) is 5.29. The van der Waals surface area contributed by atoms with Gasteiger partial charge in [-0.2, -0.15) is 0 Å². The molecular formula is C13H16N2O2. The Morgan fingerprint density at radius 3 is 2.59 bits per heavy atom. The van der Waals surface area contributed by atoms with Crippen LogP contribution in [0.5, 0.6) is 0 Å². The fraction of sp³-hybridized carbons (Fsp3) is 0.462. The van der Waals surface area contributed by atoms with Crippen LogP contribution >= 0.6 is 0 Å². The van der Waals surface area contributed by atoms with Gasteiger partial charge in [0.2, 0.25) is 0 Å². The van der Waals surface area contributed by atoms with Gasteiger partial charge in [0.15, 0.2) is 0 Å². The van der Waals surface area contributed by atoms with Crippen LogP contribution in [0.15, 0.2) is 18.2 Å². The van der Waals surface area contributed by atoms with E-state index in [0.29, 0.717) is 16.7 Å². The quantitative estimate of drug-likeness (QED) is 0.765. The molecule has 1 saturated heterocycles. The van der Waals surface area contributed by atoms with Crippen LogP contribution in [0.4, 0.5) is 11.4 Å². The van der Waals surface area contributed by atoms with Gasteiger partial charge in [-0.15, -0.1) is 0 Å². The van der Waals surface area contributed by atoms with Gasteiger partial charge in [-0.1, -0.05) is 6.42 Å². The van der Waals surface area contributed by atoms with E-state index in [9.17, 15) is 9.90 Å². The van der Waals surface area contributed by atoms with Crippen molar-refractivity contribution < 1.29 is 9.90 Å². The summed E-state index contributed by atoms with van der Waals surface area (Å²) in [6.45, 7) is 1.99. The number of aromatic carboxylic acids is 1. The molecule has 1 heterocycles. The minimum atomic E-state index is -0.901. The molecule has 1 aromatic rings. The maximum absolute atomic E-state index is 11.2. The zero-order valence-electron chi connectivity index (χ0n) is 9.65. The number of anilines is 2. The molecule has 0 aromatic heterocycles. The molecule has 0 bridgehead atoms. The predicted molar refractivity (Wildman–Crippen MR) is 66.3 cm³/mol. The number of carbonyl (C=O) groups is 1. The summed E-state index contributed by atoms with van der Waals surface area (Å²) in [5, 5.41) is 9.18. The van der Waals surface area contributed by atoms with Gasteiger partial charge in [-0.05, 0) is 31.0 Å². The molecule has 1 aliphatic heterocycles. The highest BCUT2D eigenvalue weighted by molar-refractivity contribution is 5.95. The summed E-state index contributed by atoms with van der Waals surface area (Å²) in [7, 11) is 0. The highest BCUT2D eigenvalue weighted by atomic mass is 16.4. The number of nitrogens with zero attached hydrogens (tertiary/aromatic N) is 1. The molecule has 17 heavy (non-hydrogen) atoms. The van der Waals surface area contributed by atoms with Crippen LogP contribution in [0.3, 0.4) is 0 Å². The molecule has 4 nitrogen and oxygen atoms in total. The van der Waals surface area contributed by atoms with Crippen LogP contribution in [0.1, 0.15) is 29.6 Å². The average Bonchev–Trinajstić information content (AvgIpc) is 2.15. The molecule has 2 fully saturated rings. The Balaban J connectivity index is 1.85. The molecular weight excluding hydrogens is 216 g/mol. The Kier molecular flexibility index (Phi) is 2.08. The standard InChI is InChI=1S/C13H16N2O2/c14-9-2-3-11(10(6-9)12(16)17)15-7-13(8-15)4-1-5-13/h2-3,6H,1,4-5,7-8,14H2,(H,16,17). The third kappa shape index (κ3) is 1.55. The maximum Gasteiger partial charge on any atom is 0.337 e. The van der Waals surface area contributed by atoms with E-state index < -0.39 is 5.97 Å². The molecule has 0 unspecified atom stereocenters. The lowest BCUT2D eigenvalue weighted by molar-refractivity contribution is 0.0690. The van der Waals surface area contributed by atoms with Crippen molar-refractivity contribution in [2.75, 3.05) is 23.7 Å². The minimum Gasteiger partial charge on any atom is -0.478 e. The lowest BCUT2D eigenvalue weighted by Gasteiger charge is -2.57. The molecule has 0 atom stereocenters. The number of benzene rings is 1. The first kappa shape index (κ1) is 10.4. The summed E-state index contributed by atoms with van der Waals surface area (Å²) in [5.41, 5.74) is 7.76. The minimum absolute atomic E-state index is 0.319. The predicted octanol–water partition coefficient (Wildman–Crippen LogP) is 1.96. The Morgan fingerprint density at radius 1 is 1.35 bits per heavy atom. The summed E-state index contributed by atoms with van der Waals surface area (Å²) in [6, 6.07) is 5.14. The van der Waals surface area contributed by atoms with Gasteiger partial charge in [-0.3, -0.25) is 0 Å². The average molecular weight is 232 g/mol. The highest BCUT2D eigenvalue weighted by Crippen LogP contribution is 2.49. The topological polar surface area (TPSA) is 66.6 Å². The summed E-state index contributed by atoms with van der Waals surface area (Å²) < 4.78 is 0. The number of carboxylic acid groups (broad SMARTS) is 1. The van der Waals surface area contributed by atoms with Gasteiger partial charge in [-0.25, -0.2) is 4.79 Å². The van der Waals surface area contributed by atoms with E-state index in [1.807, 2.05) is 6.07 Å². The molecule has 3 N–H and O–H groups in total. The summed E-state index contributed by atoms with van der Waals surface area (Å²) >= 11 is 0. The summed E-state index contributed by atoms with van der Waals surface area (Å²) in [6.07, 6.45) is 3.91. The molecule has 90 valence electrons. The second-order valence-corrected chi connectivity index (χ2v) is 5.29. The third-order valence-electron chi connectivity index (χ3n) is 4.06. The van der Waals surface area contributed by atoms with E-state index in [1.54, 1.807) is 12.1 Å². The van der Waals surface area contributed by atoms with Crippen LogP contribution in [-0.4, -0.2) is 24.2 Å². The van der Waals surface area contributed by atoms with Crippen molar-refractivity contribution in [3.05, 3.63) is 23.8 Å². The number of hydrogen-bond acceptors (Lipinski definition) is 3. The monoisotopic (exact) mass is 232 g/mol. The Labute approximate surface area is 100 Å². The van der Waals surface area contributed by atoms with Crippen molar-refractivity contribution >= 4 is 17.3 Å². The van der Waals surface area contributed by atoms with Crippen molar-refractivity contribution in [2.45, 2.75) is 19.3 Å². The van der Waals surface area contributed by atoms with Crippen molar-refractivity contribution in [1.29, 1.82) is 0 Å². The van der Waals surface area contributed by atoms with E-state index in [1.165, 1.54) is 19.3 Å². The molecule has 1 aromatic carbocycles. The first-order chi connectivity index (χ1) is 8.10. The second kappa shape index (κ2) is 3.39. The third-order valence-corrected chi connectivity index (χ3v) is 4.06. The van der Waals surface area contributed by atoms with Crippen LogP contribution in [-0.2, 0) is 0 Å². The zero-order chi connectivity index (χ0) is 12.0. The van der Waals surface area contributed by atoms with E-state index in [0.717, 1.165) is 18.8 Å². The fourth-order valence-corrected chi connectivity index (χ4v) is 2.93. The van der Waals surface area contributed by atoms with Crippen molar-refractivity contribution in [3.63, 3.8) is 0 Å². The van der Waals surface area contributed by atoms with Crippen LogP contribution < -0.4 is 10.6 Å². The number of nitrogens with two attached hydrogens (primary N) is 1. The van der Waals surface area contributed by atoms with Gasteiger partial charge >= 0.3 is 5.97 Å². The van der Waals surface area contributed by atoms with Gasteiger partial charge < -0.3 is 15.7 Å². The van der Waals surface area contributed by atoms with Gasteiger partial charge in [0, 0.05) is 24.2 Å². The molecule has 0 amide bonds. The molecule has 1 saturated carbocycles. The number of rotatable bonds is 2. The molecule has 2 aliphatic rings.